The number of rotatable bonds is 6. The molecule has 20 heavy (non-hydrogen) atoms. The molecule has 1 unspecified atom stereocenters. The third-order valence-electron chi connectivity index (χ3n) is 2.86. The summed E-state index contributed by atoms with van der Waals surface area (Å²) in [5.74, 6) is 0.789. The summed E-state index contributed by atoms with van der Waals surface area (Å²) in [4.78, 5) is 12.3. The number of thioether (sulfide) groups is 1. The molecule has 2 aromatic carbocycles. The van der Waals surface area contributed by atoms with Gasteiger partial charge in [-0.15, -0.1) is 11.8 Å². The van der Waals surface area contributed by atoms with Gasteiger partial charge in [0.05, 0.1) is 12.4 Å². The van der Waals surface area contributed by atoms with E-state index >= 15 is 0 Å². The molecule has 0 fully saturated rings. The van der Waals surface area contributed by atoms with E-state index in [-0.39, 0.29) is 5.25 Å². The normalized spacial score (nSPS) is 11.9. The van der Waals surface area contributed by atoms with Crippen LogP contribution in [0.4, 0.5) is 0 Å². The quantitative estimate of drug-likeness (QED) is 0.589. The van der Waals surface area contributed by atoms with Crippen molar-refractivity contribution in [3.05, 3.63) is 59.1 Å². The number of ether oxygens (including phenoxy) is 1. The molecule has 0 N–H and O–H groups in total. The minimum absolute atomic E-state index is 0.165. The summed E-state index contributed by atoms with van der Waals surface area (Å²) in [6, 6.07) is 15.3. The van der Waals surface area contributed by atoms with Crippen LogP contribution in [0.2, 0.25) is 5.02 Å². The van der Waals surface area contributed by atoms with E-state index in [2.05, 4.69) is 0 Å². The van der Waals surface area contributed by atoms with Crippen molar-refractivity contribution in [2.45, 2.75) is 16.6 Å². The second kappa shape index (κ2) is 7.36. The van der Waals surface area contributed by atoms with Gasteiger partial charge in [-0.2, -0.15) is 0 Å². The van der Waals surface area contributed by atoms with Gasteiger partial charge in [0.1, 0.15) is 12.0 Å². The standard InChI is InChI=1S/C16H15ClO2S/c1-19-13-6-4-7-14(10-13)20-15(11-18)9-12-5-2-3-8-16(12)17/h2-8,10-11,15H,9H2,1H3. The van der Waals surface area contributed by atoms with Gasteiger partial charge in [0.25, 0.3) is 0 Å². The Hall–Kier alpha value is -1.45. The zero-order valence-corrected chi connectivity index (χ0v) is 12.7. The van der Waals surface area contributed by atoms with Crippen molar-refractivity contribution in [1.29, 1.82) is 0 Å². The molecule has 104 valence electrons. The second-order valence-electron chi connectivity index (χ2n) is 4.27. The van der Waals surface area contributed by atoms with E-state index < -0.39 is 0 Å². The first kappa shape index (κ1) is 14.9. The molecule has 4 heteroatoms. The van der Waals surface area contributed by atoms with E-state index in [0.717, 1.165) is 22.5 Å². The lowest BCUT2D eigenvalue weighted by molar-refractivity contribution is -0.107. The van der Waals surface area contributed by atoms with Crippen LogP contribution in [-0.2, 0) is 11.2 Å². The molecule has 0 aliphatic heterocycles. The van der Waals surface area contributed by atoms with Crippen molar-refractivity contribution in [3.63, 3.8) is 0 Å². The van der Waals surface area contributed by atoms with Crippen molar-refractivity contribution in [1.82, 2.24) is 0 Å². The van der Waals surface area contributed by atoms with Crippen molar-refractivity contribution < 1.29 is 9.53 Å². The van der Waals surface area contributed by atoms with E-state index in [4.69, 9.17) is 16.3 Å². The summed E-state index contributed by atoms with van der Waals surface area (Å²) in [6.07, 6.45) is 1.58. The predicted molar refractivity (Wildman–Crippen MR) is 83.9 cm³/mol. The highest BCUT2D eigenvalue weighted by Crippen LogP contribution is 2.29. The van der Waals surface area contributed by atoms with Gasteiger partial charge in [-0.1, -0.05) is 35.9 Å². The molecule has 2 rings (SSSR count). The highest BCUT2D eigenvalue weighted by atomic mass is 35.5. The first-order chi connectivity index (χ1) is 9.72. The summed E-state index contributed by atoms with van der Waals surface area (Å²) in [5, 5.41) is 0.535. The van der Waals surface area contributed by atoms with Gasteiger partial charge in [-0.25, -0.2) is 0 Å². The SMILES string of the molecule is COc1cccc(SC(C=O)Cc2ccccc2Cl)c1. The van der Waals surface area contributed by atoms with E-state index in [1.54, 1.807) is 7.11 Å². The molecule has 0 aliphatic rings. The second-order valence-corrected chi connectivity index (χ2v) is 5.99. The fourth-order valence-corrected chi connectivity index (χ4v) is 3.07. The number of methoxy groups -OCH3 is 1. The lowest BCUT2D eigenvalue weighted by Crippen LogP contribution is -2.08. The summed E-state index contributed by atoms with van der Waals surface area (Å²) in [6.45, 7) is 0. The molecule has 0 saturated heterocycles. The van der Waals surface area contributed by atoms with Crippen LogP contribution in [0.5, 0.6) is 5.75 Å². The fourth-order valence-electron chi connectivity index (χ4n) is 1.85. The molecular weight excluding hydrogens is 292 g/mol. The maximum atomic E-state index is 11.3. The smallest absolute Gasteiger partial charge is 0.133 e. The van der Waals surface area contributed by atoms with Crippen LogP contribution in [-0.4, -0.2) is 18.6 Å². The Balaban J connectivity index is 2.09. The average Bonchev–Trinajstić information content (AvgIpc) is 2.49. The van der Waals surface area contributed by atoms with Gasteiger partial charge in [-0.3, -0.25) is 0 Å². The molecular formula is C16H15ClO2S. The van der Waals surface area contributed by atoms with Crippen molar-refractivity contribution in [2.75, 3.05) is 7.11 Å². The van der Waals surface area contributed by atoms with Crippen LogP contribution in [0, 0.1) is 0 Å². The minimum Gasteiger partial charge on any atom is -0.497 e. The highest BCUT2D eigenvalue weighted by molar-refractivity contribution is 8.00. The van der Waals surface area contributed by atoms with Crippen LogP contribution in [0.25, 0.3) is 0 Å². The molecule has 0 spiro atoms. The third-order valence-corrected chi connectivity index (χ3v) is 4.33. The maximum absolute atomic E-state index is 11.3. The summed E-state index contributed by atoms with van der Waals surface area (Å²) in [7, 11) is 1.63. The molecule has 0 aliphatic carbocycles. The Morgan fingerprint density at radius 2 is 2.05 bits per heavy atom. The molecule has 0 bridgehead atoms. The molecule has 0 saturated carbocycles. The number of aldehydes is 1. The van der Waals surface area contributed by atoms with Crippen LogP contribution in [0.3, 0.4) is 0 Å². The lowest BCUT2D eigenvalue weighted by atomic mass is 10.1. The number of hydrogen-bond donors (Lipinski definition) is 0. The minimum atomic E-state index is -0.165. The Kier molecular flexibility index (Phi) is 5.50. The largest absolute Gasteiger partial charge is 0.497 e. The number of carbonyl (C=O) groups excluding carboxylic acids is 1. The molecule has 0 radical (unpaired) electrons. The average molecular weight is 307 g/mol. The van der Waals surface area contributed by atoms with Gasteiger partial charge in [0.2, 0.25) is 0 Å². The zero-order chi connectivity index (χ0) is 14.4. The summed E-state index contributed by atoms with van der Waals surface area (Å²) < 4.78 is 5.18. The Labute approximate surface area is 128 Å². The van der Waals surface area contributed by atoms with E-state index in [1.165, 1.54) is 11.8 Å². The van der Waals surface area contributed by atoms with Gasteiger partial charge < -0.3 is 9.53 Å². The topological polar surface area (TPSA) is 26.3 Å². The monoisotopic (exact) mass is 306 g/mol. The van der Waals surface area contributed by atoms with Crippen molar-refractivity contribution in [3.8, 4) is 5.75 Å². The maximum Gasteiger partial charge on any atom is 0.133 e. The number of benzene rings is 2. The Morgan fingerprint density at radius 1 is 1.25 bits per heavy atom. The first-order valence-electron chi connectivity index (χ1n) is 6.22. The predicted octanol–water partition coefficient (Wildman–Crippen LogP) is 4.25. The Morgan fingerprint density at radius 3 is 2.75 bits per heavy atom. The van der Waals surface area contributed by atoms with E-state index in [0.29, 0.717) is 11.4 Å². The van der Waals surface area contributed by atoms with Crippen molar-refractivity contribution in [2.24, 2.45) is 0 Å². The first-order valence-corrected chi connectivity index (χ1v) is 7.48. The van der Waals surface area contributed by atoms with Crippen LogP contribution < -0.4 is 4.74 Å². The van der Waals surface area contributed by atoms with Gasteiger partial charge in [-0.05, 0) is 36.2 Å². The zero-order valence-electron chi connectivity index (χ0n) is 11.1. The molecule has 0 heterocycles. The fraction of sp³-hybridized carbons (Fsp3) is 0.188. The molecule has 0 aromatic heterocycles. The molecule has 0 amide bonds. The third kappa shape index (κ3) is 4.02. The van der Waals surface area contributed by atoms with Gasteiger partial charge >= 0.3 is 0 Å². The number of carbonyl (C=O) groups is 1. The number of hydrogen-bond acceptors (Lipinski definition) is 3. The van der Waals surface area contributed by atoms with Crippen LogP contribution in [0.1, 0.15) is 5.56 Å². The Bertz CT molecular complexity index is 586. The number of halogens is 1. The molecule has 1 atom stereocenters. The molecule has 2 aromatic rings. The highest BCUT2D eigenvalue weighted by Gasteiger charge is 2.12. The van der Waals surface area contributed by atoms with Crippen molar-refractivity contribution >= 4 is 29.6 Å². The molecule has 2 nitrogen and oxygen atoms in total. The summed E-state index contributed by atoms with van der Waals surface area (Å²) >= 11 is 7.65. The van der Waals surface area contributed by atoms with E-state index in [9.17, 15) is 4.79 Å². The van der Waals surface area contributed by atoms with Crippen LogP contribution >= 0.6 is 23.4 Å². The van der Waals surface area contributed by atoms with E-state index in [1.807, 2.05) is 48.5 Å². The lowest BCUT2D eigenvalue weighted by Gasteiger charge is -2.12. The van der Waals surface area contributed by atoms with Crippen LogP contribution in [0.15, 0.2) is 53.4 Å². The van der Waals surface area contributed by atoms with Gasteiger partial charge in [0.15, 0.2) is 0 Å². The van der Waals surface area contributed by atoms with Gasteiger partial charge in [0, 0.05) is 9.92 Å². The summed E-state index contributed by atoms with van der Waals surface area (Å²) in [5.41, 5.74) is 0.988.